The molecule has 0 atom stereocenters. The van der Waals surface area contributed by atoms with Crippen LogP contribution in [0.4, 0.5) is 0 Å². The van der Waals surface area contributed by atoms with Crippen molar-refractivity contribution in [2.24, 2.45) is 0 Å². The molecule has 24 heavy (non-hydrogen) atoms. The van der Waals surface area contributed by atoms with Gasteiger partial charge in [-0.05, 0) is 43.8 Å². The molecule has 1 heterocycles. The number of hydrogen-bond acceptors (Lipinski definition) is 5. The molecule has 1 aromatic carbocycles. The fourth-order valence-electron chi connectivity index (χ4n) is 2.74. The smallest absolute Gasteiger partial charge is 0.246 e. The summed E-state index contributed by atoms with van der Waals surface area (Å²) in [5.41, 5.74) is 0.824. The molecule has 0 radical (unpaired) electrons. The van der Waals surface area contributed by atoms with Crippen molar-refractivity contribution in [1.82, 2.24) is 9.80 Å². The molecule has 1 fully saturated rings. The molecule has 2 rings (SSSR count). The first-order chi connectivity index (χ1) is 11.6. The van der Waals surface area contributed by atoms with Crippen LogP contribution in [0.15, 0.2) is 18.2 Å². The number of nitrogens with zero attached hydrogens (tertiary/aromatic N) is 2. The van der Waals surface area contributed by atoms with Crippen LogP contribution in [0.1, 0.15) is 12.0 Å². The van der Waals surface area contributed by atoms with E-state index in [1.54, 1.807) is 33.5 Å². The highest BCUT2D eigenvalue weighted by Gasteiger charge is 2.16. The van der Waals surface area contributed by atoms with Gasteiger partial charge in [0, 0.05) is 25.7 Å². The summed E-state index contributed by atoms with van der Waals surface area (Å²) in [4.78, 5) is 16.5. The van der Waals surface area contributed by atoms with E-state index in [1.165, 1.54) is 0 Å². The number of rotatable bonds is 5. The average Bonchev–Trinajstić information content (AvgIpc) is 2.83. The Kier molecular flexibility index (Phi) is 6.49. The minimum atomic E-state index is 0.0269. The van der Waals surface area contributed by atoms with Crippen LogP contribution in [0.5, 0.6) is 17.2 Å². The molecule has 132 valence electrons. The summed E-state index contributed by atoms with van der Waals surface area (Å²) in [5.74, 6) is 1.71. The number of benzene rings is 1. The highest BCUT2D eigenvalue weighted by atomic mass is 16.5. The first-order valence-corrected chi connectivity index (χ1v) is 8.04. The normalized spacial score (nSPS) is 16.1. The van der Waals surface area contributed by atoms with Crippen LogP contribution in [-0.4, -0.2) is 70.3 Å². The van der Waals surface area contributed by atoms with Gasteiger partial charge in [-0.3, -0.25) is 4.79 Å². The Morgan fingerprint density at radius 1 is 1.00 bits per heavy atom. The summed E-state index contributed by atoms with van der Waals surface area (Å²) < 4.78 is 16.0. The Hall–Kier alpha value is -2.21. The quantitative estimate of drug-likeness (QED) is 0.770. The van der Waals surface area contributed by atoms with Gasteiger partial charge in [0.2, 0.25) is 11.7 Å². The molecule has 0 aliphatic carbocycles. The molecule has 1 amide bonds. The number of likely N-dealkylation sites (N-methyl/N-ethyl adjacent to an activating group) is 1. The van der Waals surface area contributed by atoms with Crippen LogP contribution >= 0.6 is 0 Å². The maximum atomic E-state index is 12.4. The molecule has 0 N–H and O–H groups in total. The van der Waals surface area contributed by atoms with E-state index in [9.17, 15) is 4.79 Å². The predicted molar refractivity (Wildman–Crippen MR) is 93.8 cm³/mol. The van der Waals surface area contributed by atoms with Crippen LogP contribution in [0.25, 0.3) is 6.08 Å². The lowest BCUT2D eigenvalue weighted by Crippen LogP contribution is -2.33. The number of carbonyl (C=O) groups is 1. The minimum absolute atomic E-state index is 0.0269. The number of amides is 1. The van der Waals surface area contributed by atoms with Crippen molar-refractivity contribution in [1.29, 1.82) is 0 Å². The largest absolute Gasteiger partial charge is 0.493 e. The third-order valence-corrected chi connectivity index (χ3v) is 4.14. The monoisotopic (exact) mass is 334 g/mol. The Bertz CT molecular complexity index is 576. The topological polar surface area (TPSA) is 51.2 Å². The van der Waals surface area contributed by atoms with Crippen LogP contribution in [-0.2, 0) is 4.79 Å². The summed E-state index contributed by atoms with van der Waals surface area (Å²) >= 11 is 0. The van der Waals surface area contributed by atoms with Crippen molar-refractivity contribution in [3.8, 4) is 17.2 Å². The van der Waals surface area contributed by atoms with Gasteiger partial charge in [0.25, 0.3) is 0 Å². The third-order valence-electron chi connectivity index (χ3n) is 4.14. The van der Waals surface area contributed by atoms with E-state index >= 15 is 0 Å². The standard InChI is InChI=1S/C18H26N2O4/c1-19-8-5-9-20(11-10-19)17(21)7-6-14-12-15(22-2)18(24-4)16(13-14)23-3/h6-7,12-13H,5,8-11H2,1-4H3/b7-6+. The lowest BCUT2D eigenvalue weighted by atomic mass is 10.1. The van der Waals surface area contributed by atoms with Gasteiger partial charge in [-0.1, -0.05) is 0 Å². The number of carbonyl (C=O) groups excluding carboxylic acids is 1. The number of methoxy groups -OCH3 is 3. The Morgan fingerprint density at radius 3 is 2.25 bits per heavy atom. The van der Waals surface area contributed by atoms with Gasteiger partial charge in [-0.15, -0.1) is 0 Å². The Morgan fingerprint density at radius 2 is 1.67 bits per heavy atom. The molecule has 6 nitrogen and oxygen atoms in total. The molecule has 1 aliphatic heterocycles. The second-order valence-electron chi connectivity index (χ2n) is 5.77. The second-order valence-corrected chi connectivity index (χ2v) is 5.77. The molecule has 6 heteroatoms. The van der Waals surface area contributed by atoms with Gasteiger partial charge in [-0.2, -0.15) is 0 Å². The zero-order valence-electron chi connectivity index (χ0n) is 14.9. The lowest BCUT2D eigenvalue weighted by molar-refractivity contribution is -0.125. The van der Waals surface area contributed by atoms with Crippen LogP contribution in [0.2, 0.25) is 0 Å². The van der Waals surface area contributed by atoms with Crippen molar-refractivity contribution < 1.29 is 19.0 Å². The van der Waals surface area contributed by atoms with E-state index < -0.39 is 0 Å². The van der Waals surface area contributed by atoms with Crippen molar-refractivity contribution >= 4 is 12.0 Å². The van der Waals surface area contributed by atoms with Crippen molar-refractivity contribution in [2.75, 3.05) is 54.6 Å². The zero-order chi connectivity index (χ0) is 17.5. The van der Waals surface area contributed by atoms with Gasteiger partial charge < -0.3 is 24.0 Å². The summed E-state index contributed by atoms with van der Waals surface area (Å²) in [7, 11) is 6.79. The summed E-state index contributed by atoms with van der Waals surface area (Å²) in [6, 6.07) is 3.64. The van der Waals surface area contributed by atoms with Gasteiger partial charge in [-0.25, -0.2) is 0 Å². The first kappa shape index (κ1) is 18.1. The molecule has 0 saturated carbocycles. The molecule has 1 saturated heterocycles. The highest BCUT2D eigenvalue weighted by molar-refractivity contribution is 5.92. The van der Waals surface area contributed by atoms with Gasteiger partial charge in [0.15, 0.2) is 11.5 Å². The average molecular weight is 334 g/mol. The fourth-order valence-corrected chi connectivity index (χ4v) is 2.74. The van der Waals surface area contributed by atoms with Crippen LogP contribution in [0.3, 0.4) is 0 Å². The number of ether oxygens (including phenoxy) is 3. The van der Waals surface area contributed by atoms with Crippen LogP contribution in [0, 0.1) is 0 Å². The van der Waals surface area contributed by atoms with Gasteiger partial charge in [0.05, 0.1) is 21.3 Å². The van der Waals surface area contributed by atoms with E-state index in [0.29, 0.717) is 17.2 Å². The molecule has 1 aromatic rings. The van der Waals surface area contributed by atoms with E-state index in [4.69, 9.17) is 14.2 Å². The highest BCUT2D eigenvalue weighted by Crippen LogP contribution is 2.38. The molecular formula is C18H26N2O4. The summed E-state index contributed by atoms with van der Waals surface area (Å²) in [6.07, 6.45) is 4.38. The Balaban J connectivity index is 2.14. The zero-order valence-corrected chi connectivity index (χ0v) is 14.9. The minimum Gasteiger partial charge on any atom is -0.493 e. The van der Waals surface area contributed by atoms with Gasteiger partial charge in [0.1, 0.15) is 0 Å². The SMILES string of the molecule is COc1cc(/C=C/C(=O)N2CCCN(C)CC2)cc(OC)c1OC. The van der Waals surface area contributed by atoms with Crippen molar-refractivity contribution in [3.63, 3.8) is 0 Å². The maximum absolute atomic E-state index is 12.4. The van der Waals surface area contributed by atoms with Gasteiger partial charge >= 0.3 is 0 Å². The molecular weight excluding hydrogens is 308 g/mol. The van der Waals surface area contributed by atoms with Crippen LogP contribution < -0.4 is 14.2 Å². The summed E-state index contributed by atoms with van der Waals surface area (Å²) in [6.45, 7) is 3.49. The fraction of sp³-hybridized carbons (Fsp3) is 0.500. The molecule has 0 aromatic heterocycles. The van der Waals surface area contributed by atoms with E-state index in [0.717, 1.165) is 38.2 Å². The number of hydrogen-bond donors (Lipinski definition) is 0. The third kappa shape index (κ3) is 4.41. The van der Waals surface area contributed by atoms with Crippen molar-refractivity contribution in [3.05, 3.63) is 23.8 Å². The predicted octanol–water partition coefficient (Wildman–Crippen LogP) is 1.89. The maximum Gasteiger partial charge on any atom is 0.246 e. The summed E-state index contributed by atoms with van der Waals surface area (Å²) in [5, 5.41) is 0. The van der Waals surface area contributed by atoms with E-state index in [-0.39, 0.29) is 5.91 Å². The lowest BCUT2D eigenvalue weighted by Gasteiger charge is -2.18. The molecule has 0 spiro atoms. The van der Waals surface area contributed by atoms with E-state index in [1.807, 2.05) is 17.0 Å². The molecule has 0 bridgehead atoms. The molecule has 0 unspecified atom stereocenters. The first-order valence-electron chi connectivity index (χ1n) is 8.04. The Labute approximate surface area is 143 Å². The molecule has 1 aliphatic rings. The van der Waals surface area contributed by atoms with E-state index in [2.05, 4.69) is 11.9 Å². The second kappa shape index (κ2) is 8.59. The van der Waals surface area contributed by atoms with Crippen molar-refractivity contribution in [2.45, 2.75) is 6.42 Å².